The summed E-state index contributed by atoms with van der Waals surface area (Å²) in [6, 6.07) is 8.70. The van der Waals surface area contributed by atoms with E-state index in [0.717, 1.165) is 4.47 Å². The van der Waals surface area contributed by atoms with Crippen LogP contribution in [0.1, 0.15) is 13.0 Å². The van der Waals surface area contributed by atoms with E-state index in [-0.39, 0.29) is 0 Å². The first kappa shape index (κ1) is 9.53. The molecule has 1 aromatic carbocycles. The molecule has 2 aromatic rings. The summed E-state index contributed by atoms with van der Waals surface area (Å²) in [5.41, 5.74) is 1.24. The molecule has 2 rings (SSSR count). The van der Waals surface area contributed by atoms with Gasteiger partial charge < -0.3 is 4.57 Å². The van der Waals surface area contributed by atoms with Crippen molar-refractivity contribution in [2.75, 3.05) is 0 Å². The maximum absolute atomic E-state index is 3.81. The highest BCUT2D eigenvalue weighted by Crippen LogP contribution is 2.26. The standard InChI is InChI=1S/C12H12BrN/c1-3-9(2)14-8-7-10-11(13)5-4-6-12(10)14/h3-9H,1H2,2H3. The predicted octanol–water partition coefficient (Wildman–Crippen LogP) is 4.15. The lowest BCUT2D eigenvalue weighted by molar-refractivity contribution is 0.689. The van der Waals surface area contributed by atoms with Crippen LogP contribution in [0.3, 0.4) is 0 Å². The molecule has 0 radical (unpaired) electrons. The Morgan fingerprint density at radius 2 is 2.21 bits per heavy atom. The van der Waals surface area contributed by atoms with Gasteiger partial charge >= 0.3 is 0 Å². The quantitative estimate of drug-likeness (QED) is 0.705. The van der Waals surface area contributed by atoms with Gasteiger partial charge in [-0.15, -0.1) is 6.58 Å². The smallest absolute Gasteiger partial charge is 0.0497 e. The summed E-state index contributed by atoms with van der Waals surface area (Å²) in [6.07, 6.45) is 4.04. The van der Waals surface area contributed by atoms with Crippen LogP contribution in [-0.4, -0.2) is 4.57 Å². The van der Waals surface area contributed by atoms with Gasteiger partial charge in [-0.3, -0.25) is 0 Å². The molecule has 0 spiro atoms. The SMILES string of the molecule is C=CC(C)n1ccc2c(Br)cccc21. The van der Waals surface area contributed by atoms with Crippen LogP contribution in [0.15, 0.2) is 47.6 Å². The molecule has 0 bridgehead atoms. The first-order chi connectivity index (χ1) is 6.74. The van der Waals surface area contributed by atoms with Gasteiger partial charge in [0, 0.05) is 27.6 Å². The van der Waals surface area contributed by atoms with Crippen molar-refractivity contribution in [2.24, 2.45) is 0 Å². The van der Waals surface area contributed by atoms with Crippen molar-refractivity contribution < 1.29 is 0 Å². The molecular formula is C12H12BrN. The third-order valence-electron chi connectivity index (χ3n) is 2.49. The van der Waals surface area contributed by atoms with Crippen molar-refractivity contribution in [3.8, 4) is 0 Å². The van der Waals surface area contributed by atoms with E-state index in [2.05, 4.69) is 64.5 Å². The van der Waals surface area contributed by atoms with Gasteiger partial charge in [0.25, 0.3) is 0 Å². The Morgan fingerprint density at radius 1 is 1.43 bits per heavy atom. The third-order valence-corrected chi connectivity index (χ3v) is 3.18. The van der Waals surface area contributed by atoms with E-state index in [9.17, 15) is 0 Å². The van der Waals surface area contributed by atoms with Gasteiger partial charge in [-0.2, -0.15) is 0 Å². The number of rotatable bonds is 2. The Labute approximate surface area is 92.2 Å². The van der Waals surface area contributed by atoms with E-state index < -0.39 is 0 Å². The zero-order valence-corrected chi connectivity index (χ0v) is 9.66. The average molecular weight is 250 g/mol. The molecule has 0 N–H and O–H groups in total. The first-order valence-corrected chi connectivity index (χ1v) is 5.41. The summed E-state index contributed by atoms with van der Waals surface area (Å²) < 4.78 is 3.36. The van der Waals surface area contributed by atoms with E-state index in [0.29, 0.717) is 6.04 Å². The van der Waals surface area contributed by atoms with E-state index in [1.165, 1.54) is 10.9 Å². The van der Waals surface area contributed by atoms with Crippen LogP contribution in [0.5, 0.6) is 0 Å². The molecule has 0 amide bonds. The van der Waals surface area contributed by atoms with Crippen molar-refractivity contribution in [1.29, 1.82) is 0 Å². The van der Waals surface area contributed by atoms with Crippen LogP contribution in [-0.2, 0) is 0 Å². The topological polar surface area (TPSA) is 4.93 Å². The fourth-order valence-corrected chi connectivity index (χ4v) is 2.11. The second-order valence-electron chi connectivity index (χ2n) is 3.37. The third kappa shape index (κ3) is 1.40. The highest BCUT2D eigenvalue weighted by molar-refractivity contribution is 9.10. The fourth-order valence-electron chi connectivity index (χ4n) is 1.62. The van der Waals surface area contributed by atoms with Crippen LogP contribution in [0.4, 0.5) is 0 Å². The first-order valence-electron chi connectivity index (χ1n) is 4.61. The Hall–Kier alpha value is -1.02. The molecule has 0 aliphatic rings. The number of halogens is 1. The normalized spacial score (nSPS) is 13.0. The van der Waals surface area contributed by atoms with E-state index >= 15 is 0 Å². The molecule has 0 saturated heterocycles. The summed E-state index contributed by atoms with van der Waals surface area (Å²) in [4.78, 5) is 0. The maximum Gasteiger partial charge on any atom is 0.0497 e. The van der Waals surface area contributed by atoms with Crippen molar-refractivity contribution >= 4 is 26.8 Å². The summed E-state index contributed by atoms with van der Waals surface area (Å²) in [5, 5.41) is 1.25. The van der Waals surface area contributed by atoms with Gasteiger partial charge in [-0.1, -0.05) is 28.1 Å². The Morgan fingerprint density at radius 3 is 2.93 bits per heavy atom. The molecule has 0 aliphatic carbocycles. The zero-order valence-electron chi connectivity index (χ0n) is 8.07. The van der Waals surface area contributed by atoms with Crippen LogP contribution in [0.25, 0.3) is 10.9 Å². The molecule has 1 aromatic heterocycles. The summed E-state index contributed by atoms with van der Waals surface area (Å²) in [5.74, 6) is 0. The minimum Gasteiger partial charge on any atom is -0.341 e. The van der Waals surface area contributed by atoms with Crippen molar-refractivity contribution in [3.63, 3.8) is 0 Å². The lowest BCUT2D eigenvalue weighted by Crippen LogP contribution is -1.98. The number of fused-ring (bicyclic) bond motifs is 1. The molecule has 2 heteroatoms. The highest BCUT2D eigenvalue weighted by Gasteiger charge is 2.06. The molecule has 1 atom stereocenters. The zero-order chi connectivity index (χ0) is 10.1. The number of nitrogens with zero attached hydrogens (tertiary/aromatic N) is 1. The van der Waals surface area contributed by atoms with Crippen LogP contribution >= 0.6 is 15.9 Å². The van der Waals surface area contributed by atoms with Crippen molar-refractivity contribution in [2.45, 2.75) is 13.0 Å². The highest BCUT2D eigenvalue weighted by atomic mass is 79.9. The van der Waals surface area contributed by atoms with E-state index in [1.54, 1.807) is 0 Å². The molecule has 72 valence electrons. The summed E-state index contributed by atoms with van der Waals surface area (Å²) in [7, 11) is 0. The number of hydrogen-bond acceptors (Lipinski definition) is 0. The summed E-state index contributed by atoms with van der Waals surface area (Å²) >= 11 is 3.54. The molecule has 1 nitrogen and oxygen atoms in total. The van der Waals surface area contributed by atoms with Gasteiger partial charge in [-0.25, -0.2) is 0 Å². The van der Waals surface area contributed by atoms with Crippen LogP contribution in [0, 0.1) is 0 Å². The predicted molar refractivity (Wildman–Crippen MR) is 64.5 cm³/mol. The minimum atomic E-state index is 0.335. The largest absolute Gasteiger partial charge is 0.341 e. The summed E-state index contributed by atoms with van der Waals surface area (Å²) in [6.45, 7) is 5.95. The van der Waals surface area contributed by atoms with Crippen molar-refractivity contribution in [1.82, 2.24) is 4.57 Å². The van der Waals surface area contributed by atoms with Crippen LogP contribution in [0.2, 0.25) is 0 Å². The second-order valence-corrected chi connectivity index (χ2v) is 4.23. The Bertz CT molecular complexity index is 470. The van der Waals surface area contributed by atoms with Crippen LogP contribution < -0.4 is 0 Å². The van der Waals surface area contributed by atoms with Gasteiger partial charge in [0.2, 0.25) is 0 Å². The molecule has 1 unspecified atom stereocenters. The van der Waals surface area contributed by atoms with Gasteiger partial charge in [0.1, 0.15) is 0 Å². The molecule has 1 heterocycles. The number of allylic oxidation sites excluding steroid dienone is 1. The minimum absolute atomic E-state index is 0.335. The van der Waals surface area contributed by atoms with Gasteiger partial charge in [0.05, 0.1) is 0 Å². The Balaban J connectivity index is 2.69. The number of benzene rings is 1. The van der Waals surface area contributed by atoms with E-state index in [4.69, 9.17) is 0 Å². The molecule has 0 saturated carbocycles. The fraction of sp³-hybridized carbons (Fsp3) is 0.167. The second kappa shape index (κ2) is 3.62. The average Bonchev–Trinajstić information content (AvgIpc) is 2.62. The lowest BCUT2D eigenvalue weighted by Gasteiger charge is -2.10. The number of hydrogen-bond donors (Lipinski definition) is 0. The van der Waals surface area contributed by atoms with Gasteiger partial charge in [-0.05, 0) is 25.1 Å². The lowest BCUT2D eigenvalue weighted by atomic mass is 10.2. The number of aromatic nitrogens is 1. The monoisotopic (exact) mass is 249 g/mol. The Kier molecular flexibility index (Phi) is 2.46. The molecule has 14 heavy (non-hydrogen) atoms. The van der Waals surface area contributed by atoms with Crippen molar-refractivity contribution in [3.05, 3.63) is 47.6 Å². The molecular weight excluding hydrogens is 238 g/mol. The molecule has 0 aliphatic heterocycles. The molecule has 0 fully saturated rings. The maximum atomic E-state index is 3.81. The van der Waals surface area contributed by atoms with Gasteiger partial charge in [0.15, 0.2) is 0 Å². The van der Waals surface area contributed by atoms with E-state index in [1.807, 2.05) is 6.08 Å².